The van der Waals surface area contributed by atoms with E-state index < -0.39 is 0 Å². The van der Waals surface area contributed by atoms with Gasteiger partial charge in [-0.05, 0) is 46.2 Å². The fourth-order valence-corrected chi connectivity index (χ4v) is 4.21. The van der Waals surface area contributed by atoms with Gasteiger partial charge in [0.2, 0.25) is 5.43 Å². The molecule has 0 amide bonds. The fraction of sp³-hybridized carbons (Fsp3) is 0.233. The molecule has 1 unspecified atom stereocenters. The van der Waals surface area contributed by atoms with E-state index in [2.05, 4.69) is 76.2 Å². The largest absolute Gasteiger partial charge is 0.503 e. The molecular formula is C30H31NO2. The number of rotatable bonds is 5. The van der Waals surface area contributed by atoms with Crippen molar-refractivity contribution >= 4 is 0 Å². The predicted molar refractivity (Wildman–Crippen MR) is 136 cm³/mol. The first kappa shape index (κ1) is 22.6. The summed E-state index contributed by atoms with van der Waals surface area (Å²) >= 11 is 0. The minimum Gasteiger partial charge on any atom is -0.503 e. The number of nitrogens with zero attached hydrogens (tertiary/aromatic N) is 1. The van der Waals surface area contributed by atoms with Crippen LogP contribution in [0.3, 0.4) is 0 Å². The molecule has 0 radical (unpaired) electrons. The molecule has 1 N–H and O–H groups in total. The van der Waals surface area contributed by atoms with Crippen molar-refractivity contribution in [3.05, 3.63) is 118 Å². The van der Waals surface area contributed by atoms with Crippen molar-refractivity contribution in [2.24, 2.45) is 0 Å². The maximum Gasteiger partial charge on any atom is 0.223 e. The molecule has 4 aromatic rings. The molecule has 1 aromatic heterocycles. The Bertz CT molecular complexity index is 1300. The van der Waals surface area contributed by atoms with Crippen LogP contribution in [-0.4, -0.2) is 9.67 Å². The zero-order valence-corrected chi connectivity index (χ0v) is 19.7. The second-order valence-electron chi connectivity index (χ2n) is 9.79. The average molecular weight is 438 g/mol. The van der Waals surface area contributed by atoms with Gasteiger partial charge in [-0.1, -0.05) is 94.4 Å². The minimum absolute atomic E-state index is 0.0826. The van der Waals surface area contributed by atoms with Gasteiger partial charge in [-0.2, -0.15) is 0 Å². The number of aromatic hydroxyl groups is 1. The fourth-order valence-electron chi connectivity index (χ4n) is 4.21. The molecule has 0 aliphatic heterocycles. The Balaban J connectivity index is 1.70. The van der Waals surface area contributed by atoms with E-state index in [1.54, 1.807) is 12.3 Å². The summed E-state index contributed by atoms with van der Waals surface area (Å²) in [6, 6.07) is 28.7. The van der Waals surface area contributed by atoms with Crippen LogP contribution in [0.2, 0.25) is 0 Å². The molecule has 3 nitrogen and oxygen atoms in total. The summed E-state index contributed by atoms with van der Waals surface area (Å²) in [5.41, 5.74) is 6.29. The van der Waals surface area contributed by atoms with Crippen molar-refractivity contribution in [3.8, 4) is 22.6 Å². The molecule has 1 atom stereocenters. The third-order valence-corrected chi connectivity index (χ3v) is 6.16. The van der Waals surface area contributed by atoms with E-state index in [0.29, 0.717) is 0 Å². The van der Waals surface area contributed by atoms with Crippen LogP contribution in [-0.2, 0) is 11.8 Å². The SMILES string of the molecule is CC(Cc1ccc(C(C)(C)C)cc1)c1cc(=O)c(O)cn1-c1cccc(-c2ccccc2)c1. The molecule has 0 bridgehead atoms. The first-order valence-electron chi connectivity index (χ1n) is 11.4. The van der Waals surface area contributed by atoms with Gasteiger partial charge >= 0.3 is 0 Å². The summed E-state index contributed by atoms with van der Waals surface area (Å²) < 4.78 is 1.94. The van der Waals surface area contributed by atoms with Crippen LogP contribution in [0.25, 0.3) is 16.8 Å². The third kappa shape index (κ3) is 5.09. The van der Waals surface area contributed by atoms with E-state index in [0.717, 1.165) is 28.9 Å². The van der Waals surface area contributed by atoms with E-state index >= 15 is 0 Å². The first-order valence-corrected chi connectivity index (χ1v) is 11.4. The van der Waals surface area contributed by atoms with Gasteiger partial charge in [0.15, 0.2) is 5.75 Å². The molecule has 0 saturated heterocycles. The van der Waals surface area contributed by atoms with Gasteiger partial charge in [-0.25, -0.2) is 0 Å². The number of benzene rings is 3. The van der Waals surface area contributed by atoms with Gasteiger partial charge in [-0.3, -0.25) is 4.79 Å². The van der Waals surface area contributed by atoms with Crippen LogP contribution in [0.5, 0.6) is 5.75 Å². The Morgan fingerprint density at radius 1 is 0.848 bits per heavy atom. The summed E-state index contributed by atoms with van der Waals surface area (Å²) in [6.07, 6.45) is 2.34. The summed E-state index contributed by atoms with van der Waals surface area (Å²) in [7, 11) is 0. The summed E-state index contributed by atoms with van der Waals surface area (Å²) in [6.45, 7) is 8.76. The number of aromatic nitrogens is 1. The quantitative estimate of drug-likeness (QED) is 0.371. The molecule has 168 valence electrons. The van der Waals surface area contributed by atoms with Crippen LogP contribution >= 0.6 is 0 Å². The standard InChI is InChI=1S/C30H31NO2/c1-21(17-22-13-15-25(16-14-22)30(2,3)4)27-19-28(32)29(33)20-31(27)26-12-8-11-24(18-26)23-9-6-5-7-10-23/h5-16,18-21,33H,17H2,1-4H3. The summed E-state index contributed by atoms with van der Waals surface area (Å²) in [5.74, 6) is -0.162. The van der Waals surface area contributed by atoms with E-state index in [1.165, 1.54) is 11.1 Å². The highest BCUT2D eigenvalue weighted by molar-refractivity contribution is 5.66. The first-order chi connectivity index (χ1) is 15.7. The lowest BCUT2D eigenvalue weighted by Gasteiger charge is -2.21. The van der Waals surface area contributed by atoms with Gasteiger partial charge in [0, 0.05) is 23.4 Å². The normalized spacial score (nSPS) is 12.5. The Hall–Kier alpha value is -3.59. The second-order valence-corrected chi connectivity index (χ2v) is 9.79. The van der Waals surface area contributed by atoms with Crippen LogP contribution in [0.1, 0.15) is 50.4 Å². The third-order valence-electron chi connectivity index (χ3n) is 6.16. The van der Waals surface area contributed by atoms with Gasteiger partial charge in [0.05, 0.1) is 6.20 Å². The molecule has 4 rings (SSSR count). The molecule has 33 heavy (non-hydrogen) atoms. The average Bonchev–Trinajstić information content (AvgIpc) is 2.81. The van der Waals surface area contributed by atoms with E-state index in [1.807, 2.05) is 34.9 Å². The maximum atomic E-state index is 12.4. The van der Waals surface area contributed by atoms with Gasteiger partial charge in [0.25, 0.3) is 0 Å². The molecule has 0 fully saturated rings. The number of hydrogen-bond acceptors (Lipinski definition) is 2. The molecule has 1 heterocycles. The Labute approximate surface area is 196 Å². The van der Waals surface area contributed by atoms with Gasteiger partial charge < -0.3 is 9.67 Å². The molecule has 3 aromatic carbocycles. The number of pyridine rings is 1. The van der Waals surface area contributed by atoms with Crippen molar-refractivity contribution in [2.45, 2.75) is 45.4 Å². The highest BCUT2D eigenvalue weighted by Gasteiger charge is 2.17. The lowest BCUT2D eigenvalue weighted by molar-refractivity contribution is 0.463. The smallest absolute Gasteiger partial charge is 0.223 e. The van der Waals surface area contributed by atoms with Crippen molar-refractivity contribution in [2.75, 3.05) is 0 Å². The maximum absolute atomic E-state index is 12.4. The molecule has 0 aliphatic carbocycles. The molecule has 0 aliphatic rings. The van der Waals surface area contributed by atoms with Crippen LogP contribution < -0.4 is 5.43 Å². The minimum atomic E-state index is -0.351. The van der Waals surface area contributed by atoms with Crippen LogP contribution in [0.15, 0.2) is 95.9 Å². The molecular weight excluding hydrogens is 406 g/mol. The lowest BCUT2D eigenvalue weighted by atomic mass is 9.86. The highest BCUT2D eigenvalue weighted by Crippen LogP contribution is 2.28. The van der Waals surface area contributed by atoms with Crippen molar-refractivity contribution in [1.82, 2.24) is 4.57 Å². The van der Waals surface area contributed by atoms with E-state index in [4.69, 9.17) is 0 Å². The monoisotopic (exact) mass is 437 g/mol. The van der Waals surface area contributed by atoms with E-state index in [9.17, 15) is 9.90 Å². The Morgan fingerprint density at radius 3 is 2.18 bits per heavy atom. The van der Waals surface area contributed by atoms with Crippen LogP contribution in [0.4, 0.5) is 0 Å². The van der Waals surface area contributed by atoms with E-state index in [-0.39, 0.29) is 22.5 Å². The van der Waals surface area contributed by atoms with Crippen molar-refractivity contribution in [1.29, 1.82) is 0 Å². The molecule has 0 spiro atoms. The van der Waals surface area contributed by atoms with Gasteiger partial charge in [-0.15, -0.1) is 0 Å². The number of hydrogen-bond donors (Lipinski definition) is 1. The summed E-state index contributed by atoms with van der Waals surface area (Å²) in [4.78, 5) is 12.4. The highest BCUT2D eigenvalue weighted by atomic mass is 16.3. The van der Waals surface area contributed by atoms with Crippen LogP contribution in [0, 0.1) is 0 Å². The summed E-state index contributed by atoms with van der Waals surface area (Å²) in [5, 5.41) is 10.2. The van der Waals surface area contributed by atoms with Crippen molar-refractivity contribution < 1.29 is 5.11 Å². The Morgan fingerprint density at radius 2 is 1.52 bits per heavy atom. The molecule has 0 saturated carbocycles. The molecule has 3 heteroatoms. The zero-order valence-electron chi connectivity index (χ0n) is 19.7. The topological polar surface area (TPSA) is 42.2 Å². The lowest BCUT2D eigenvalue weighted by Crippen LogP contribution is -2.15. The Kier molecular flexibility index (Phi) is 6.24. The van der Waals surface area contributed by atoms with Gasteiger partial charge in [0.1, 0.15) is 0 Å². The zero-order chi connectivity index (χ0) is 23.6. The second kappa shape index (κ2) is 9.11. The predicted octanol–water partition coefficient (Wildman–Crippen LogP) is 6.85. The van der Waals surface area contributed by atoms with Crippen molar-refractivity contribution in [3.63, 3.8) is 0 Å².